The van der Waals surface area contributed by atoms with E-state index in [-0.39, 0.29) is 35.1 Å². The smallest absolute Gasteiger partial charge is 0.242 e. The van der Waals surface area contributed by atoms with Gasteiger partial charge in [0.15, 0.2) is 0 Å². The summed E-state index contributed by atoms with van der Waals surface area (Å²) in [6, 6.07) is 77.3. The summed E-state index contributed by atoms with van der Waals surface area (Å²) in [7, 11) is 0. The third kappa shape index (κ3) is 8.79. The number of para-hydroxylation sites is 1. The average Bonchev–Trinajstić information content (AvgIpc) is 3.36. The van der Waals surface area contributed by atoms with Crippen LogP contribution in [-0.2, 0) is 21.7 Å². The second kappa shape index (κ2) is 17.8. The highest BCUT2D eigenvalue weighted by molar-refractivity contribution is 6.97. The number of benzene rings is 10. The maximum atomic E-state index is 2.55. The molecule has 0 bridgehead atoms. The van der Waals surface area contributed by atoms with Crippen molar-refractivity contribution < 1.29 is 0 Å². The minimum absolute atomic E-state index is 0.0189. The lowest BCUT2D eigenvalue weighted by atomic mass is 9.36. The number of anilines is 3. The van der Waals surface area contributed by atoms with Crippen LogP contribution in [0.15, 0.2) is 200 Å². The molecule has 0 fully saturated rings. The Bertz CT molecular complexity index is 3560. The normalized spacial score (nSPS) is 12.9. The van der Waals surface area contributed by atoms with Gasteiger partial charge in [-0.05, 0) is 107 Å². The van der Waals surface area contributed by atoms with Crippen molar-refractivity contribution >= 4 is 95.6 Å². The molecule has 0 N–H and O–H groups in total. The van der Waals surface area contributed by atoms with Crippen molar-refractivity contribution in [2.75, 3.05) is 4.90 Å². The van der Waals surface area contributed by atoms with Crippen molar-refractivity contribution in [3.05, 3.63) is 222 Å². The van der Waals surface area contributed by atoms with E-state index in [0.717, 1.165) is 5.69 Å². The Kier molecular flexibility index (Phi) is 11.8. The van der Waals surface area contributed by atoms with Crippen LogP contribution in [0.3, 0.4) is 0 Å². The molecule has 1 aliphatic rings. The van der Waals surface area contributed by atoms with E-state index in [1.807, 2.05) is 0 Å². The molecular formula is C70H69B2N. The first kappa shape index (κ1) is 48.2. The summed E-state index contributed by atoms with van der Waals surface area (Å²) in [6.45, 7) is 27.7. The zero-order valence-corrected chi connectivity index (χ0v) is 45.2. The number of rotatable bonds is 7. The van der Waals surface area contributed by atoms with E-state index in [4.69, 9.17) is 0 Å². The van der Waals surface area contributed by atoms with Crippen LogP contribution in [0, 0.1) is 0 Å². The second-order valence-electron chi connectivity index (χ2n) is 25.0. The molecular weight excluding hydrogens is 876 g/mol. The van der Waals surface area contributed by atoms with Crippen LogP contribution in [0.2, 0.25) is 0 Å². The van der Waals surface area contributed by atoms with Gasteiger partial charge in [-0.1, -0.05) is 286 Å². The Morgan fingerprint density at radius 1 is 0.288 bits per heavy atom. The Morgan fingerprint density at radius 2 is 0.699 bits per heavy atom. The van der Waals surface area contributed by atoms with Crippen molar-refractivity contribution in [2.45, 2.75) is 105 Å². The molecule has 1 nitrogen and oxygen atoms in total. The van der Waals surface area contributed by atoms with Gasteiger partial charge in [-0.3, -0.25) is 0 Å². The standard InChI is InChI=1S/C70H69B2N/c1-67(2,3)46-25-33-50(34-26-46)71(51-35-27-47(28-36-51)68(4,5)6)54-41-42-58-62-44-60-56-21-16-17-22-57(56)63(45-61(60)59-23-18-24-64(66(59)62)73(65(58)43-54)55-19-14-13-15-20-55)72(52-37-29-48(30-38-52)69(7,8)9)53-39-31-49(32-40-53)70(10,11)12/h13-45H,1-12H3. The number of hydrogen-bond acceptors (Lipinski definition) is 1. The van der Waals surface area contributed by atoms with Gasteiger partial charge in [-0.2, -0.15) is 0 Å². The van der Waals surface area contributed by atoms with Crippen molar-refractivity contribution in [3.63, 3.8) is 0 Å². The van der Waals surface area contributed by atoms with E-state index in [9.17, 15) is 0 Å². The number of nitrogens with zero attached hydrogens (tertiary/aromatic N) is 1. The Hall–Kier alpha value is -7.09. The summed E-state index contributed by atoms with van der Waals surface area (Å²) in [5.41, 5.74) is 19.5. The minimum atomic E-state index is 0.0189. The van der Waals surface area contributed by atoms with Gasteiger partial charge in [0.2, 0.25) is 13.4 Å². The predicted octanol–water partition coefficient (Wildman–Crippen LogP) is 14.8. The van der Waals surface area contributed by atoms with Crippen LogP contribution in [0.5, 0.6) is 0 Å². The largest absolute Gasteiger partial charge is 0.309 e. The van der Waals surface area contributed by atoms with Gasteiger partial charge in [0.05, 0.1) is 11.4 Å². The van der Waals surface area contributed by atoms with E-state index in [1.165, 1.54) is 110 Å². The van der Waals surface area contributed by atoms with Crippen LogP contribution in [-0.4, -0.2) is 13.4 Å². The van der Waals surface area contributed by atoms with E-state index in [2.05, 4.69) is 288 Å². The zero-order valence-electron chi connectivity index (χ0n) is 45.2. The molecule has 0 unspecified atom stereocenters. The van der Waals surface area contributed by atoms with Crippen LogP contribution < -0.4 is 37.7 Å². The molecule has 0 saturated carbocycles. The lowest BCUT2D eigenvalue weighted by Crippen LogP contribution is -2.52. The molecule has 0 spiro atoms. The molecule has 11 rings (SSSR count). The Morgan fingerprint density at radius 3 is 1.18 bits per heavy atom. The Balaban J connectivity index is 1.15. The molecule has 0 radical (unpaired) electrons. The molecule has 73 heavy (non-hydrogen) atoms. The van der Waals surface area contributed by atoms with Gasteiger partial charge < -0.3 is 4.90 Å². The first-order valence-corrected chi connectivity index (χ1v) is 26.6. The molecule has 1 heterocycles. The SMILES string of the molecule is CC(C)(C)c1ccc(B(c2ccc(C(C)(C)C)cc2)c2ccc3c(c2)N(c2ccccc2)c2cccc4c2c-3cc2c3ccccc3c(B(c3ccc(C(C)(C)C)cc3)c3ccc(C(C)(C)C)cc3)cc42)cc1. The molecule has 10 aromatic rings. The number of hydrogen-bond donors (Lipinski definition) is 0. The van der Waals surface area contributed by atoms with Gasteiger partial charge in [-0.15, -0.1) is 0 Å². The maximum absolute atomic E-state index is 2.55. The minimum Gasteiger partial charge on any atom is -0.309 e. The van der Waals surface area contributed by atoms with E-state index >= 15 is 0 Å². The highest BCUT2D eigenvalue weighted by atomic mass is 15.2. The summed E-state index contributed by atoms with van der Waals surface area (Å²) in [5, 5.41) is 7.69. The fourth-order valence-electron chi connectivity index (χ4n) is 11.7. The lowest BCUT2D eigenvalue weighted by molar-refractivity contribution is 0.590. The van der Waals surface area contributed by atoms with Crippen LogP contribution in [0.4, 0.5) is 17.1 Å². The Labute approximate surface area is 436 Å². The second-order valence-corrected chi connectivity index (χ2v) is 25.0. The monoisotopic (exact) mass is 946 g/mol. The van der Waals surface area contributed by atoms with Gasteiger partial charge in [0.1, 0.15) is 0 Å². The molecule has 0 atom stereocenters. The summed E-state index contributed by atoms with van der Waals surface area (Å²) in [5.74, 6) is 0. The fourth-order valence-corrected chi connectivity index (χ4v) is 11.7. The molecule has 0 aliphatic carbocycles. The van der Waals surface area contributed by atoms with Crippen molar-refractivity contribution in [3.8, 4) is 11.1 Å². The molecule has 3 heteroatoms. The lowest BCUT2D eigenvalue weighted by Gasteiger charge is -2.35. The van der Waals surface area contributed by atoms with Crippen molar-refractivity contribution in [1.82, 2.24) is 0 Å². The molecule has 0 aromatic heterocycles. The predicted molar refractivity (Wildman–Crippen MR) is 323 cm³/mol. The van der Waals surface area contributed by atoms with Gasteiger partial charge in [0, 0.05) is 16.6 Å². The highest BCUT2D eigenvalue weighted by Crippen LogP contribution is 2.52. The molecule has 360 valence electrons. The summed E-state index contributed by atoms with van der Waals surface area (Å²) < 4.78 is 0. The van der Waals surface area contributed by atoms with Crippen LogP contribution in [0.1, 0.15) is 105 Å². The quantitative estimate of drug-likeness (QED) is 0.114. The average molecular weight is 946 g/mol. The maximum Gasteiger partial charge on any atom is 0.242 e. The number of fused-ring (bicyclic) bond motifs is 6. The van der Waals surface area contributed by atoms with Gasteiger partial charge >= 0.3 is 0 Å². The topological polar surface area (TPSA) is 3.24 Å². The molecule has 0 saturated heterocycles. The van der Waals surface area contributed by atoms with Gasteiger partial charge in [-0.25, -0.2) is 0 Å². The molecule has 1 aliphatic heterocycles. The van der Waals surface area contributed by atoms with Crippen molar-refractivity contribution in [2.24, 2.45) is 0 Å². The summed E-state index contributed by atoms with van der Waals surface area (Å²) in [4.78, 5) is 2.53. The molecule has 10 aromatic carbocycles. The fraction of sp³-hybridized carbons (Fsp3) is 0.229. The third-order valence-electron chi connectivity index (χ3n) is 15.9. The van der Waals surface area contributed by atoms with Crippen LogP contribution in [0.25, 0.3) is 43.4 Å². The first-order chi connectivity index (χ1) is 34.7. The van der Waals surface area contributed by atoms with E-state index in [0.29, 0.717) is 0 Å². The highest BCUT2D eigenvalue weighted by Gasteiger charge is 2.33. The zero-order chi connectivity index (χ0) is 51.2. The van der Waals surface area contributed by atoms with E-state index in [1.54, 1.807) is 0 Å². The van der Waals surface area contributed by atoms with Crippen molar-refractivity contribution in [1.29, 1.82) is 0 Å². The summed E-state index contributed by atoms with van der Waals surface area (Å²) in [6.07, 6.45) is 0. The van der Waals surface area contributed by atoms with Gasteiger partial charge in [0.25, 0.3) is 0 Å². The first-order valence-electron chi connectivity index (χ1n) is 26.6. The van der Waals surface area contributed by atoms with Crippen LogP contribution >= 0.6 is 0 Å². The molecule has 0 amide bonds. The van der Waals surface area contributed by atoms with E-state index < -0.39 is 0 Å². The third-order valence-corrected chi connectivity index (χ3v) is 15.9. The summed E-state index contributed by atoms with van der Waals surface area (Å²) >= 11 is 0.